The van der Waals surface area contributed by atoms with Crippen LogP contribution in [0.4, 0.5) is 0 Å². The Morgan fingerprint density at radius 1 is 1.12 bits per heavy atom. The zero-order chi connectivity index (χ0) is 18.2. The molecule has 0 saturated carbocycles. The number of hydrazine groups is 1. The largest absolute Gasteiger partial charge is 0.484 e. The molecule has 0 heterocycles. The SMILES string of the molecule is Cc1cccc(C(=O)NC(=S)NNC(=O)COc2ccc(Br)cc2)c1. The van der Waals surface area contributed by atoms with Crippen molar-refractivity contribution in [2.75, 3.05) is 6.61 Å². The predicted octanol–water partition coefficient (Wildman–Crippen LogP) is 2.47. The first-order valence-electron chi connectivity index (χ1n) is 7.29. The molecule has 2 amide bonds. The van der Waals surface area contributed by atoms with Gasteiger partial charge in [-0.3, -0.25) is 25.8 Å². The number of hydrogen-bond acceptors (Lipinski definition) is 4. The second kappa shape index (κ2) is 9.14. The highest BCUT2D eigenvalue weighted by atomic mass is 79.9. The molecular formula is C17H16BrN3O3S. The van der Waals surface area contributed by atoms with Gasteiger partial charge in [-0.25, -0.2) is 0 Å². The Balaban J connectivity index is 1.72. The maximum atomic E-state index is 12.0. The van der Waals surface area contributed by atoms with Gasteiger partial charge in [0.1, 0.15) is 5.75 Å². The van der Waals surface area contributed by atoms with Gasteiger partial charge in [0.2, 0.25) is 0 Å². The van der Waals surface area contributed by atoms with Crippen LogP contribution in [0.1, 0.15) is 15.9 Å². The van der Waals surface area contributed by atoms with Gasteiger partial charge in [0.15, 0.2) is 11.7 Å². The van der Waals surface area contributed by atoms with E-state index >= 15 is 0 Å². The fourth-order valence-corrected chi connectivity index (χ4v) is 2.24. The van der Waals surface area contributed by atoms with E-state index in [0.29, 0.717) is 11.3 Å². The van der Waals surface area contributed by atoms with Crippen molar-refractivity contribution in [2.24, 2.45) is 0 Å². The lowest BCUT2D eigenvalue weighted by Crippen LogP contribution is -2.49. The number of thiocarbonyl (C=S) groups is 1. The Labute approximate surface area is 159 Å². The number of hydrogen-bond donors (Lipinski definition) is 3. The molecule has 0 aromatic heterocycles. The number of aryl methyl sites for hydroxylation is 1. The number of amides is 2. The van der Waals surface area contributed by atoms with E-state index in [-0.39, 0.29) is 17.6 Å². The molecule has 0 spiro atoms. The monoisotopic (exact) mass is 421 g/mol. The summed E-state index contributed by atoms with van der Waals surface area (Å²) in [5, 5.41) is 2.47. The number of halogens is 1. The Bertz CT molecular complexity index is 781. The van der Waals surface area contributed by atoms with Crippen LogP contribution in [0.2, 0.25) is 0 Å². The van der Waals surface area contributed by atoms with Crippen LogP contribution in [0, 0.1) is 6.92 Å². The summed E-state index contributed by atoms with van der Waals surface area (Å²) in [4.78, 5) is 23.7. The maximum Gasteiger partial charge on any atom is 0.276 e. The molecule has 8 heteroatoms. The van der Waals surface area contributed by atoms with Crippen molar-refractivity contribution in [3.63, 3.8) is 0 Å². The molecule has 0 radical (unpaired) electrons. The minimum atomic E-state index is -0.435. The van der Waals surface area contributed by atoms with E-state index in [1.54, 1.807) is 42.5 Å². The number of nitrogens with one attached hydrogen (secondary N) is 3. The summed E-state index contributed by atoms with van der Waals surface area (Å²) in [7, 11) is 0. The molecular weight excluding hydrogens is 406 g/mol. The molecule has 0 fully saturated rings. The third kappa shape index (κ3) is 6.52. The molecule has 0 aliphatic carbocycles. The van der Waals surface area contributed by atoms with E-state index in [1.165, 1.54) is 0 Å². The summed E-state index contributed by atoms with van der Waals surface area (Å²) in [5.41, 5.74) is 6.25. The average molecular weight is 422 g/mol. The first-order valence-corrected chi connectivity index (χ1v) is 8.49. The van der Waals surface area contributed by atoms with Gasteiger partial charge >= 0.3 is 0 Å². The second-order valence-corrected chi connectivity index (χ2v) is 6.39. The molecule has 0 atom stereocenters. The van der Waals surface area contributed by atoms with E-state index in [1.807, 2.05) is 13.0 Å². The number of rotatable bonds is 4. The van der Waals surface area contributed by atoms with Crippen molar-refractivity contribution in [3.8, 4) is 5.75 Å². The highest BCUT2D eigenvalue weighted by Crippen LogP contribution is 2.15. The van der Waals surface area contributed by atoms with Crippen LogP contribution in [0.15, 0.2) is 53.0 Å². The molecule has 2 aromatic carbocycles. The van der Waals surface area contributed by atoms with Crippen molar-refractivity contribution >= 4 is 45.1 Å². The summed E-state index contributed by atoms with van der Waals surface area (Å²) >= 11 is 8.28. The van der Waals surface area contributed by atoms with Crippen LogP contribution in [-0.2, 0) is 4.79 Å². The smallest absolute Gasteiger partial charge is 0.276 e. The molecule has 0 unspecified atom stereocenters. The van der Waals surface area contributed by atoms with E-state index in [2.05, 4.69) is 32.1 Å². The third-order valence-electron chi connectivity index (χ3n) is 3.01. The predicted molar refractivity (Wildman–Crippen MR) is 102 cm³/mol. The first kappa shape index (κ1) is 18.9. The number of benzene rings is 2. The maximum absolute atomic E-state index is 12.0. The van der Waals surface area contributed by atoms with Crippen LogP contribution in [0.5, 0.6) is 5.75 Å². The first-order chi connectivity index (χ1) is 11.9. The summed E-state index contributed by atoms with van der Waals surface area (Å²) in [5.74, 6) is -0.231. The van der Waals surface area contributed by atoms with Gasteiger partial charge in [-0.05, 0) is 55.5 Å². The lowest BCUT2D eigenvalue weighted by Gasteiger charge is -2.11. The number of carbonyl (C=O) groups excluding carboxylic acids is 2. The molecule has 0 bridgehead atoms. The number of carbonyl (C=O) groups is 2. The molecule has 0 aliphatic rings. The third-order valence-corrected chi connectivity index (χ3v) is 3.74. The van der Waals surface area contributed by atoms with Crippen molar-refractivity contribution in [1.82, 2.24) is 16.2 Å². The zero-order valence-corrected chi connectivity index (χ0v) is 15.7. The molecule has 0 aliphatic heterocycles. The summed E-state index contributed by atoms with van der Waals surface area (Å²) in [6.07, 6.45) is 0. The van der Waals surface area contributed by atoms with E-state index in [9.17, 15) is 9.59 Å². The van der Waals surface area contributed by atoms with E-state index in [4.69, 9.17) is 17.0 Å². The van der Waals surface area contributed by atoms with Gasteiger partial charge in [0.25, 0.3) is 11.8 Å². The molecule has 6 nitrogen and oxygen atoms in total. The van der Waals surface area contributed by atoms with Gasteiger partial charge in [-0.15, -0.1) is 0 Å². The molecule has 0 saturated heterocycles. The minimum Gasteiger partial charge on any atom is -0.484 e. The normalized spacial score (nSPS) is 9.84. The van der Waals surface area contributed by atoms with Crippen molar-refractivity contribution in [2.45, 2.75) is 6.92 Å². The molecule has 130 valence electrons. The fourth-order valence-electron chi connectivity index (χ4n) is 1.84. The fraction of sp³-hybridized carbons (Fsp3) is 0.118. The average Bonchev–Trinajstić information content (AvgIpc) is 2.59. The molecule has 25 heavy (non-hydrogen) atoms. The highest BCUT2D eigenvalue weighted by Gasteiger charge is 2.09. The van der Waals surface area contributed by atoms with E-state index < -0.39 is 5.91 Å². The van der Waals surface area contributed by atoms with Crippen LogP contribution in [-0.4, -0.2) is 23.5 Å². The highest BCUT2D eigenvalue weighted by molar-refractivity contribution is 9.10. The Morgan fingerprint density at radius 3 is 2.52 bits per heavy atom. The summed E-state index contributed by atoms with van der Waals surface area (Å²) in [6.45, 7) is 1.70. The Hall–Kier alpha value is -2.45. The van der Waals surface area contributed by atoms with E-state index in [0.717, 1.165) is 10.0 Å². The van der Waals surface area contributed by atoms with Gasteiger partial charge in [-0.2, -0.15) is 0 Å². The Kier molecular flexibility index (Phi) is 6.91. The van der Waals surface area contributed by atoms with Crippen molar-refractivity contribution in [3.05, 3.63) is 64.1 Å². The zero-order valence-electron chi connectivity index (χ0n) is 13.3. The van der Waals surface area contributed by atoms with Gasteiger partial charge in [-0.1, -0.05) is 33.6 Å². The molecule has 2 rings (SSSR count). The lowest BCUT2D eigenvalue weighted by atomic mass is 10.1. The van der Waals surface area contributed by atoms with Crippen molar-refractivity contribution in [1.29, 1.82) is 0 Å². The van der Waals surface area contributed by atoms with Crippen LogP contribution in [0.25, 0.3) is 0 Å². The second-order valence-electron chi connectivity index (χ2n) is 5.07. The van der Waals surface area contributed by atoms with Crippen molar-refractivity contribution < 1.29 is 14.3 Å². The summed E-state index contributed by atoms with van der Waals surface area (Å²) in [6, 6.07) is 14.2. The van der Waals surface area contributed by atoms with Crippen LogP contribution >= 0.6 is 28.1 Å². The topological polar surface area (TPSA) is 79.5 Å². The van der Waals surface area contributed by atoms with Gasteiger partial charge in [0, 0.05) is 10.0 Å². The minimum absolute atomic E-state index is 0.0107. The Morgan fingerprint density at radius 2 is 1.84 bits per heavy atom. The van der Waals surface area contributed by atoms with Gasteiger partial charge < -0.3 is 4.74 Å². The van der Waals surface area contributed by atoms with Crippen LogP contribution < -0.4 is 20.9 Å². The molecule has 3 N–H and O–H groups in total. The number of ether oxygens (including phenoxy) is 1. The van der Waals surface area contributed by atoms with Crippen LogP contribution in [0.3, 0.4) is 0 Å². The lowest BCUT2D eigenvalue weighted by molar-refractivity contribution is -0.123. The van der Waals surface area contributed by atoms with Gasteiger partial charge in [0.05, 0.1) is 0 Å². The standard InChI is InChI=1S/C17H16BrN3O3S/c1-11-3-2-4-12(9-11)16(23)19-17(25)21-20-15(22)10-24-14-7-5-13(18)6-8-14/h2-9H,10H2,1H3,(H,20,22)(H2,19,21,23,25). The quantitative estimate of drug-likeness (QED) is 0.521. The summed E-state index contributed by atoms with van der Waals surface area (Å²) < 4.78 is 6.23. The molecule has 2 aromatic rings.